The third-order valence-electron chi connectivity index (χ3n) is 3.98. The quantitative estimate of drug-likeness (QED) is 0.899. The third kappa shape index (κ3) is 3.92. The van der Waals surface area contributed by atoms with E-state index in [4.69, 9.17) is 9.47 Å². The number of halogens is 3. The number of nitrogens with zero attached hydrogens (tertiary/aromatic N) is 2. The van der Waals surface area contributed by atoms with E-state index in [2.05, 4.69) is 10.4 Å². The zero-order valence-corrected chi connectivity index (χ0v) is 14.3. The molecule has 9 heteroatoms. The summed E-state index contributed by atoms with van der Waals surface area (Å²) in [6.07, 6.45) is -4.51. The van der Waals surface area contributed by atoms with Crippen molar-refractivity contribution in [3.63, 3.8) is 0 Å². The number of aryl methyl sites for hydroxylation is 1. The molecule has 1 amide bonds. The van der Waals surface area contributed by atoms with Crippen LogP contribution in [0.2, 0.25) is 0 Å². The van der Waals surface area contributed by atoms with Gasteiger partial charge in [0, 0.05) is 17.4 Å². The first kappa shape index (κ1) is 18.1. The largest absolute Gasteiger partial charge is 0.486 e. The Hall–Kier alpha value is -2.71. The maximum atomic E-state index is 12.7. The van der Waals surface area contributed by atoms with Gasteiger partial charge in [-0.15, -0.1) is 0 Å². The average Bonchev–Trinajstić information content (AvgIpc) is 2.96. The van der Waals surface area contributed by atoms with E-state index in [0.29, 0.717) is 36.1 Å². The summed E-state index contributed by atoms with van der Waals surface area (Å²) in [6, 6.07) is 5.99. The number of hydrogen-bond donors (Lipinski definition) is 1. The van der Waals surface area contributed by atoms with Crippen LogP contribution in [-0.2, 0) is 17.5 Å². The monoisotopic (exact) mass is 369 g/mol. The van der Waals surface area contributed by atoms with Gasteiger partial charge in [0.1, 0.15) is 13.2 Å². The fourth-order valence-corrected chi connectivity index (χ4v) is 2.56. The Kier molecular flexibility index (Phi) is 4.80. The van der Waals surface area contributed by atoms with Crippen LogP contribution in [0.1, 0.15) is 18.3 Å². The fraction of sp³-hybridized carbons (Fsp3) is 0.412. The van der Waals surface area contributed by atoms with E-state index in [0.717, 1.165) is 6.07 Å². The number of alkyl halides is 3. The Bertz CT molecular complexity index is 817. The molecule has 2 heterocycles. The van der Waals surface area contributed by atoms with Crippen LogP contribution < -0.4 is 14.8 Å². The Balaban J connectivity index is 1.66. The number of aromatic nitrogens is 2. The maximum Gasteiger partial charge on any atom is 0.435 e. The molecule has 1 aliphatic rings. The lowest BCUT2D eigenvalue weighted by Crippen LogP contribution is -2.25. The number of fused-ring (bicyclic) bond motifs is 1. The van der Waals surface area contributed by atoms with Crippen molar-refractivity contribution in [1.29, 1.82) is 0 Å². The van der Waals surface area contributed by atoms with E-state index < -0.39 is 17.8 Å². The molecule has 3 rings (SSSR count). The zero-order valence-electron chi connectivity index (χ0n) is 14.3. The first-order valence-corrected chi connectivity index (χ1v) is 8.06. The zero-order chi connectivity index (χ0) is 18.9. The topological polar surface area (TPSA) is 65.4 Å². The number of nitrogens with one attached hydrogen (secondary N) is 1. The summed E-state index contributed by atoms with van der Waals surface area (Å²) in [6.45, 7) is 4.09. The number of hydrogen-bond acceptors (Lipinski definition) is 4. The van der Waals surface area contributed by atoms with Gasteiger partial charge in [-0.25, -0.2) is 0 Å². The van der Waals surface area contributed by atoms with Gasteiger partial charge in [-0.05, 0) is 25.1 Å². The van der Waals surface area contributed by atoms with Gasteiger partial charge >= 0.3 is 6.18 Å². The molecule has 0 radical (unpaired) electrons. The third-order valence-corrected chi connectivity index (χ3v) is 3.98. The predicted octanol–water partition coefficient (Wildman–Crippen LogP) is 3.26. The minimum Gasteiger partial charge on any atom is -0.486 e. The second-order valence-corrected chi connectivity index (χ2v) is 6.10. The Morgan fingerprint density at radius 2 is 1.96 bits per heavy atom. The lowest BCUT2D eigenvalue weighted by Gasteiger charge is -2.19. The highest BCUT2D eigenvalue weighted by Gasteiger charge is 2.34. The first-order chi connectivity index (χ1) is 12.2. The van der Waals surface area contributed by atoms with Crippen molar-refractivity contribution in [3.05, 3.63) is 35.7 Å². The number of ether oxygens (including phenoxy) is 2. The lowest BCUT2D eigenvalue weighted by atomic mass is 10.1. The SMILES string of the molecule is Cc1cc(C(F)(F)F)nn1CC(C)C(=O)Nc1ccc2c(c1)OCCO2. The van der Waals surface area contributed by atoms with Gasteiger partial charge in [-0.3, -0.25) is 9.48 Å². The molecule has 0 fully saturated rings. The smallest absolute Gasteiger partial charge is 0.435 e. The molecule has 1 unspecified atom stereocenters. The standard InChI is InChI=1S/C17H18F3N3O3/c1-10(9-23-11(2)7-15(22-23)17(18,19)20)16(24)21-12-3-4-13-14(8-12)26-6-5-25-13/h3-4,7-8,10H,5-6,9H2,1-2H3,(H,21,24). The van der Waals surface area contributed by atoms with Gasteiger partial charge in [0.2, 0.25) is 5.91 Å². The first-order valence-electron chi connectivity index (χ1n) is 8.06. The van der Waals surface area contributed by atoms with Crippen molar-refractivity contribution in [2.45, 2.75) is 26.6 Å². The van der Waals surface area contributed by atoms with Crippen molar-refractivity contribution in [2.75, 3.05) is 18.5 Å². The predicted molar refractivity (Wildman–Crippen MR) is 87.2 cm³/mol. The van der Waals surface area contributed by atoms with Gasteiger partial charge in [0.05, 0.1) is 12.5 Å². The lowest BCUT2D eigenvalue weighted by molar-refractivity contribution is -0.141. The van der Waals surface area contributed by atoms with Crippen LogP contribution in [0.4, 0.5) is 18.9 Å². The second kappa shape index (κ2) is 6.89. The molecule has 0 bridgehead atoms. The molecular weight excluding hydrogens is 351 g/mol. The van der Waals surface area contributed by atoms with Crippen LogP contribution in [0.25, 0.3) is 0 Å². The number of rotatable bonds is 4. The average molecular weight is 369 g/mol. The molecule has 26 heavy (non-hydrogen) atoms. The molecule has 0 aliphatic carbocycles. The molecule has 1 atom stereocenters. The van der Waals surface area contributed by atoms with Gasteiger partial charge in [-0.2, -0.15) is 18.3 Å². The van der Waals surface area contributed by atoms with E-state index in [1.807, 2.05) is 0 Å². The highest BCUT2D eigenvalue weighted by molar-refractivity contribution is 5.92. The summed E-state index contributed by atoms with van der Waals surface area (Å²) in [7, 11) is 0. The molecule has 140 valence electrons. The summed E-state index contributed by atoms with van der Waals surface area (Å²) in [5.74, 6) is 0.238. The molecular formula is C17H18F3N3O3. The van der Waals surface area contributed by atoms with Crippen LogP contribution in [-0.4, -0.2) is 28.9 Å². The highest BCUT2D eigenvalue weighted by Crippen LogP contribution is 2.33. The minimum absolute atomic E-state index is 0.0400. The molecule has 1 aliphatic heterocycles. The number of carbonyl (C=O) groups is 1. The van der Waals surface area contributed by atoms with E-state index >= 15 is 0 Å². The summed E-state index contributed by atoms with van der Waals surface area (Å²) in [4.78, 5) is 12.4. The summed E-state index contributed by atoms with van der Waals surface area (Å²) in [5.41, 5.74) is -0.0926. The summed E-state index contributed by atoms with van der Waals surface area (Å²) >= 11 is 0. The summed E-state index contributed by atoms with van der Waals surface area (Å²) < 4.78 is 50.2. The van der Waals surface area contributed by atoms with Gasteiger partial charge in [0.25, 0.3) is 0 Å². The van der Waals surface area contributed by atoms with Gasteiger partial charge < -0.3 is 14.8 Å². The van der Waals surface area contributed by atoms with E-state index in [1.54, 1.807) is 25.1 Å². The molecule has 2 aromatic rings. The molecule has 0 spiro atoms. The maximum absolute atomic E-state index is 12.7. The molecule has 0 saturated carbocycles. The number of benzene rings is 1. The van der Waals surface area contributed by atoms with Crippen molar-refractivity contribution in [1.82, 2.24) is 9.78 Å². The van der Waals surface area contributed by atoms with Crippen LogP contribution in [0.15, 0.2) is 24.3 Å². The van der Waals surface area contributed by atoms with Crippen LogP contribution in [0.5, 0.6) is 11.5 Å². The molecule has 6 nitrogen and oxygen atoms in total. The van der Waals surface area contributed by atoms with E-state index in [-0.39, 0.29) is 12.5 Å². The molecule has 1 aromatic carbocycles. The van der Waals surface area contributed by atoms with Crippen LogP contribution in [0, 0.1) is 12.8 Å². The van der Waals surface area contributed by atoms with E-state index in [9.17, 15) is 18.0 Å². The fourth-order valence-electron chi connectivity index (χ4n) is 2.56. The number of carbonyl (C=O) groups excluding carboxylic acids is 1. The van der Waals surface area contributed by atoms with Crippen LogP contribution in [0.3, 0.4) is 0 Å². The number of anilines is 1. The molecule has 1 N–H and O–H groups in total. The van der Waals surface area contributed by atoms with Crippen molar-refractivity contribution in [2.24, 2.45) is 5.92 Å². The van der Waals surface area contributed by atoms with Crippen molar-refractivity contribution < 1.29 is 27.4 Å². The minimum atomic E-state index is -4.51. The van der Waals surface area contributed by atoms with Crippen molar-refractivity contribution in [3.8, 4) is 11.5 Å². The van der Waals surface area contributed by atoms with Crippen molar-refractivity contribution >= 4 is 11.6 Å². The Labute approximate surface area is 147 Å². The normalized spacial score (nSPS) is 14.8. The van der Waals surface area contributed by atoms with Gasteiger partial charge in [-0.1, -0.05) is 6.92 Å². The second-order valence-electron chi connectivity index (χ2n) is 6.10. The Morgan fingerprint density at radius 3 is 2.62 bits per heavy atom. The number of amides is 1. The summed E-state index contributed by atoms with van der Waals surface area (Å²) in [5, 5.41) is 6.27. The molecule has 0 saturated heterocycles. The van der Waals surface area contributed by atoms with E-state index in [1.165, 1.54) is 11.6 Å². The molecule has 1 aromatic heterocycles. The Morgan fingerprint density at radius 1 is 1.27 bits per heavy atom. The highest BCUT2D eigenvalue weighted by atomic mass is 19.4. The van der Waals surface area contributed by atoms with Crippen LogP contribution >= 0.6 is 0 Å². The van der Waals surface area contributed by atoms with Gasteiger partial charge in [0.15, 0.2) is 17.2 Å².